The molecule has 6 nitrogen and oxygen atoms in total. The van der Waals surface area contributed by atoms with Crippen molar-refractivity contribution in [2.45, 2.75) is 0 Å². The summed E-state index contributed by atoms with van der Waals surface area (Å²) in [6.07, 6.45) is 0. The third kappa shape index (κ3) is 2.48. The first-order valence-electron chi connectivity index (χ1n) is 5.93. The molecule has 0 saturated heterocycles. The third-order valence-electron chi connectivity index (χ3n) is 2.97. The van der Waals surface area contributed by atoms with Crippen molar-refractivity contribution in [1.82, 2.24) is 8.75 Å². The van der Waals surface area contributed by atoms with Gasteiger partial charge in [-0.2, -0.15) is 8.75 Å². The highest BCUT2D eigenvalue weighted by molar-refractivity contribution is 7.00. The number of nitrogens with zero attached hydrogens (tertiary/aromatic N) is 2. The monoisotopic (exact) mass is 319 g/mol. The van der Waals surface area contributed by atoms with Crippen molar-refractivity contribution >= 4 is 57.3 Å². The highest BCUT2D eigenvalue weighted by Crippen LogP contribution is 2.33. The van der Waals surface area contributed by atoms with E-state index in [1.807, 2.05) is 0 Å². The number of primary amides is 1. The van der Waals surface area contributed by atoms with Gasteiger partial charge in [-0.1, -0.05) is 11.6 Å². The molecule has 0 fully saturated rings. The van der Waals surface area contributed by atoms with Gasteiger partial charge in [0.25, 0.3) is 5.91 Å². The molecule has 0 aliphatic rings. The topological polar surface area (TPSA) is 107 Å². The Hall–Kier alpha value is -2.38. The highest BCUT2D eigenvalue weighted by Gasteiger charge is 2.12. The molecule has 0 bridgehead atoms. The second-order valence-electron chi connectivity index (χ2n) is 4.35. The Kier molecular flexibility index (Phi) is 3.36. The summed E-state index contributed by atoms with van der Waals surface area (Å²) in [5.74, 6) is -0.587. The molecule has 0 radical (unpaired) electrons. The van der Waals surface area contributed by atoms with Gasteiger partial charge in [-0.15, -0.1) is 0 Å². The smallest absolute Gasteiger partial charge is 0.250 e. The van der Waals surface area contributed by atoms with Crippen LogP contribution in [-0.4, -0.2) is 14.7 Å². The molecule has 0 aliphatic carbocycles. The van der Waals surface area contributed by atoms with Crippen molar-refractivity contribution in [3.05, 3.63) is 40.9 Å². The van der Waals surface area contributed by atoms with E-state index in [-0.39, 0.29) is 5.56 Å². The van der Waals surface area contributed by atoms with Gasteiger partial charge < -0.3 is 16.8 Å². The van der Waals surface area contributed by atoms with E-state index in [1.165, 1.54) is 0 Å². The van der Waals surface area contributed by atoms with Crippen LogP contribution in [0, 0.1) is 0 Å². The number of nitrogens with one attached hydrogen (secondary N) is 1. The van der Waals surface area contributed by atoms with E-state index in [1.54, 1.807) is 30.3 Å². The third-order valence-corrected chi connectivity index (χ3v) is 3.82. The second kappa shape index (κ2) is 5.19. The van der Waals surface area contributed by atoms with Gasteiger partial charge in [0.15, 0.2) is 0 Å². The number of nitrogen functional groups attached to an aromatic ring is 1. The lowest BCUT2D eigenvalue weighted by atomic mass is 10.1. The molecule has 1 heterocycles. The van der Waals surface area contributed by atoms with Crippen molar-refractivity contribution in [3.63, 3.8) is 0 Å². The Balaban J connectivity index is 2.06. The number of hydrogen-bond donors (Lipinski definition) is 3. The van der Waals surface area contributed by atoms with Crippen LogP contribution in [0.25, 0.3) is 11.0 Å². The average molecular weight is 320 g/mol. The number of amides is 1. The number of rotatable bonds is 3. The molecular weight excluding hydrogens is 310 g/mol. The summed E-state index contributed by atoms with van der Waals surface area (Å²) < 4.78 is 8.38. The standard InChI is InChI=1S/C13H10ClN5OS/c14-8-2-4-10-12(19-21-18-10)11(8)17-6-1-3-9(15)7(5-6)13(16)20/h1-5,17H,15H2,(H2,16,20). The van der Waals surface area contributed by atoms with Gasteiger partial charge in [-0.3, -0.25) is 4.79 Å². The summed E-state index contributed by atoms with van der Waals surface area (Å²) in [7, 11) is 0. The van der Waals surface area contributed by atoms with Crippen molar-refractivity contribution in [1.29, 1.82) is 0 Å². The molecule has 21 heavy (non-hydrogen) atoms. The molecule has 0 spiro atoms. The molecule has 0 aliphatic heterocycles. The molecule has 106 valence electrons. The maximum atomic E-state index is 11.3. The fraction of sp³-hybridized carbons (Fsp3) is 0. The number of fused-ring (bicyclic) bond motifs is 1. The van der Waals surface area contributed by atoms with Crippen LogP contribution >= 0.6 is 23.3 Å². The molecule has 8 heteroatoms. The van der Waals surface area contributed by atoms with Crippen LogP contribution in [0.4, 0.5) is 17.1 Å². The highest BCUT2D eigenvalue weighted by atomic mass is 35.5. The summed E-state index contributed by atoms with van der Waals surface area (Å²) in [4.78, 5) is 11.3. The van der Waals surface area contributed by atoms with Crippen LogP contribution in [0.15, 0.2) is 30.3 Å². The number of benzene rings is 2. The van der Waals surface area contributed by atoms with Crippen LogP contribution in [0.3, 0.4) is 0 Å². The van der Waals surface area contributed by atoms with Crippen LogP contribution in [-0.2, 0) is 0 Å². The minimum atomic E-state index is -0.587. The molecule has 0 unspecified atom stereocenters. The zero-order valence-corrected chi connectivity index (χ0v) is 12.2. The van der Waals surface area contributed by atoms with E-state index in [0.29, 0.717) is 27.6 Å². The summed E-state index contributed by atoms with van der Waals surface area (Å²) in [5, 5.41) is 3.64. The van der Waals surface area contributed by atoms with Crippen LogP contribution < -0.4 is 16.8 Å². The minimum Gasteiger partial charge on any atom is -0.398 e. The van der Waals surface area contributed by atoms with Gasteiger partial charge >= 0.3 is 0 Å². The Labute approximate surface area is 129 Å². The zero-order chi connectivity index (χ0) is 15.0. The van der Waals surface area contributed by atoms with E-state index >= 15 is 0 Å². The summed E-state index contributed by atoms with van der Waals surface area (Å²) in [5.41, 5.74) is 14.3. The molecule has 2 aromatic carbocycles. The predicted molar refractivity (Wildman–Crippen MR) is 85.1 cm³/mol. The largest absolute Gasteiger partial charge is 0.398 e. The minimum absolute atomic E-state index is 0.250. The first-order valence-corrected chi connectivity index (χ1v) is 7.04. The van der Waals surface area contributed by atoms with Crippen LogP contribution in [0.2, 0.25) is 5.02 Å². The van der Waals surface area contributed by atoms with Crippen molar-refractivity contribution in [2.24, 2.45) is 5.73 Å². The van der Waals surface area contributed by atoms with E-state index in [9.17, 15) is 4.79 Å². The lowest BCUT2D eigenvalue weighted by Crippen LogP contribution is -2.13. The maximum Gasteiger partial charge on any atom is 0.250 e. The summed E-state index contributed by atoms with van der Waals surface area (Å²) in [6.45, 7) is 0. The predicted octanol–water partition coefficient (Wildman–Crippen LogP) is 2.77. The number of carbonyl (C=O) groups excluding carboxylic acids is 1. The normalized spacial score (nSPS) is 10.7. The molecule has 0 saturated carbocycles. The zero-order valence-electron chi connectivity index (χ0n) is 10.6. The Bertz CT molecular complexity index is 848. The molecular formula is C13H10ClN5OS. The van der Waals surface area contributed by atoms with Crippen molar-refractivity contribution in [2.75, 3.05) is 11.1 Å². The quantitative estimate of drug-likeness (QED) is 0.643. The first-order chi connectivity index (χ1) is 10.1. The molecule has 0 atom stereocenters. The first kappa shape index (κ1) is 13.6. The van der Waals surface area contributed by atoms with Gasteiger partial charge in [0.2, 0.25) is 0 Å². The number of carbonyl (C=O) groups is 1. The molecule has 1 aromatic heterocycles. The van der Waals surface area contributed by atoms with Crippen molar-refractivity contribution in [3.8, 4) is 0 Å². The number of hydrogen-bond acceptors (Lipinski definition) is 6. The van der Waals surface area contributed by atoms with Crippen molar-refractivity contribution < 1.29 is 4.79 Å². The lowest BCUT2D eigenvalue weighted by Gasteiger charge is -2.10. The van der Waals surface area contributed by atoms with Gasteiger partial charge in [-0.05, 0) is 30.3 Å². The lowest BCUT2D eigenvalue weighted by molar-refractivity contribution is 0.100. The van der Waals surface area contributed by atoms with E-state index < -0.39 is 5.91 Å². The molecule has 1 amide bonds. The molecule has 3 aromatic rings. The second-order valence-corrected chi connectivity index (χ2v) is 5.28. The average Bonchev–Trinajstić information content (AvgIpc) is 2.92. The van der Waals surface area contributed by atoms with E-state index in [0.717, 1.165) is 17.2 Å². The Morgan fingerprint density at radius 1 is 1.24 bits per heavy atom. The number of aromatic nitrogens is 2. The number of anilines is 3. The number of nitrogens with two attached hydrogens (primary N) is 2. The Morgan fingerprint density at radius 3 is 2.81 bits per heavy atom. The summed E-state index contributed by atoms with van der Waals surface area (Å²) >= 11 is 7.31. The fourth-order valence-corrected chi connectivity index (χ4v) is 2.68. The van der Waals surface area contributed by atoms with Crippen LogP contribution in [0.1, 0.15) is 10.4 Å². The SMILES string of the molecule is NC(=O)c1cc(Nc2c(Cl)ccc3nsnc23)ccc1N. The van der Waals surface area contributed by atoms with Gasteiger partial charge in [-0.25, -0.2) is 0 Å². The van der Waals surface area contributed by atoms with E-state index in [2.05, 4.69) is 14.1 Å². The van der Waals surface area contributed by atoms with E-state index in [4.69, 9.17) is 23.1 Å². The van der Waals surface area contributed by atoms with Crippen LogP contribution in [0.5, 0.6) is 0 Å². The number of halogens is 1. The Morgan fingerprint density at radius 2 is 2.05 bits per heavy atom. The fourth-order valence-electron chi connectivity index (χ4n) is 1.94. The van der Waals surface area contributed by atoms with Gasteiger partial charge in [0.05, 0.1) is 28.0 Å². The molecule has 3 rings (SSSR count). The maximum absolute atomic E-state index is 11.3. The molecule has 5 N–H and O–H groups in total. The van der Waals surface area contributed by atoms with Gasteiger partial charge in [0.1, 0.15) is 11.0 Å². The summed E-state index contributed by atoms with van der Waals surface area (Å²) in [6, 6.07) is 8.45. The van der Waals surface area contributed by atoms with Gasteiger partial charge in [0, 0.05) is 11.4 Å².